The van der Waals surface area contributed by atoms with Crippen LogP contribution in [0.15, 0.2) is 53.6 Å². The highest BCUT2D eigenvalue weighted by Gasteiger charge is 2.20. The highest BCUT2D eigenvalue weighted by atomic mass is 19.1. The second-order valence-corrected chi connectivity index (χ2v) is 6.10. The SMILES string of the molecule is Cc1ccc2ncn(CC(=O)N(CCC#N)c3ccccc3F)c(=O)c2c1. The molecule has 0 saturated carbocycles. The van der Waals surface area contributed by atoms with E-state index in [1.54, 1.807) is 18.2 Å². The Labute approximate surface area is 155 Å². The fourth-order valence-corrected chi connectivity index (χ4v) is 2.83. The number of para-hydroxylation sites is 1. The molecular weight excluding hydrogens is 347 g/mol. The van der Waals surface area contributed by atoms with E-state index in [-0.39, 0.29) is 30.8 Å². The molecule has 7 heteroatoms. The number of halogens is 1. The van der Waals surface area contributed by atoms with Crippen molar-refractivity contribution in [1.29, 1.82) is 5.26 Å². The van der Waals surface area contributed by atoms with E-state index in [2.05, 4.69) is 4.98 Å². The predicted molar refractivity (Wildman–Crippen MR) is 99.7 cm³/mol. The van der Waals surface area contributed by atoms with Crippen molar-refractivity contribution in [2.24, 2.45) is 0 Å². The molecule has 6 nitrogen and oxygen atoms in total. The summed E-state index contributed by atoms with van der Waals surface area (Å²) in [5.74, 6) is -1.06. The minimum Gasteiger partial charge on any atom is -0.307 e. The predicted octanol–water partition coefficient (Wildman–Crippen LogP) is 2.79. The molecule has 0 radical (unpaired) electrons. The number of nitrogens with zero attached hydrogens (tertiary/aromatic N) is 4. The third-order valence-electron chi connectivity index (χ3n) is 4.18. The van der Waals surface area contributed by atoms with Crippen molar-refractivity contribution < 1.29 is 9.18 Å². The van der Waals surface area contributed by atoms with E-state index in [0.717, 1.165) is 5.56 Å². The monoisotopic (exact) mass is 364 g/mol. The number of fused-ring (bicyclic) bond motifs is 1. The van der Waals surface area contributed by atoms with Crippen molar-refractivity contribution in [3.05, 3.63) is 70.5 Å². The Balaban J connectivity index is 1.95. The van der Waals surface area contributed by atoms with Gasteiger partial charge in [-0.2, -0.15) is 5.26 Å². The van der Waals surface area contributed by atoms with E-state index >= 15 is 0 Å². The van der Waals surface area contributed by atoms with Gasteiger partial charge in [0.25, 0.3) is 5.56 Å². The number of carbonyl (C=O) groups is 1. The number of anilines is 1. The van der Waals surface area contributed by atoms with Crippen LogP contribution in [0.4, 0.5) is 10.1 Å². The Hall–Kier alpha value is -3.53. The van der Waals surface area contributed by atoms with Gasteiger partial charge in [0.15, 0.2) is 0 Å². The van der Waals surface area contributed by atoms with Crippen molar-refractivity contribution in [1.82, 2.24) is 9.55 Å². The minimum atomic E-state index is -0.566. The Kier molecular flexibility index (Phi) is 5.27. The zero-order valence-corrected chi connectivity index (χ0v) is 14.7. The smallest absolute Gasteiger partial charge is 0.261 e. The highest BCUT2D eigenvalue weighted by Crippen LogP contribution is 2.19. The molecule has 1 heterocycles. The van der Waals surface area contributed by atoms with E-state index in [4.69, 9.17) is 5.26 Å². The van der Waals surface area contributed by atoms with Crippen LogP contribution in [-0.2, 0) is 11.3 Å². The van der Waals surface area contributed by atoms with E-state index in [1.165, 1.54) is 34.0 Å². The van der Waals surface area contributed by atoms with Gasteiger partial charge >= 0.3 is 0 Å². The van der Waals surface area contributed by atoms with E-state index in [9.17, 15) is 14.0 Å². The Morgan fingerprint density at radius 2 is 2.07 bits per heavy atom. The zero-order chi connectivity index (χ0) is 19.4. The third kappa shape index (κ3) is 3.85. The molecule has 0 aliphatic heterocycles. The van der Waals surface area contributed by atoms with Crippen LogP contribution >= 0.6 is 0 Å². The summed E-state index contributed by atoms with van der Waals surface area (Å²) in [6.07, 6.45) is 1.35. The molecule has 1 aromatic heterocycles. The van der Waals surface area contributed by atoms with Crippen molar-refractivity contribution >= 4 is 22.5 Å². The third-order valence-corrected chi connectivity index (χ3v) is 4.18. The summed E-state index contributed by atoms with van der Waals surface area (Å²) < 4.78 is 15.3. The summed E-state index contributed by atoms with van der Waals surface area (Å²) in [5, 5.41) is 9.26. The van der Waals surface area contributed by atoms with Crippen molar-refractivity contribution in [2.45, 2.75) is 19.9 Å². The molecule has 3 aromatic rings. The number of aromatic nitrogens is 2. The first kappa shape index (κ1) is 18.3. The van der Waals surface area contributed by atoms with E-state index < -0.39 is 11.7 Å². The molecule has 0 atom stereocenters. The van der Waals surface area contributed by atoms with Gasteiger partial charge in [0, 0.05) is 6.54 Å². The van der Waals surface area contributed by atoms with Crippen LogP contribution in [0, 0.1) is 24.1 Å². The van der Waals surface area contributed by atoms with Gasteiger partial charge in [-0.05, 0) is 31.2 Å². The average Bonchev–Trinajstić information content (AvgIpc) is 2.66. The Morgan fingerprint density at radius 1 is 1.30 bits per heavy atom. The van der Waals surface area contributed by atoms with Gasteiger partial charge in [0.2, 0.25) is 5.91 Å². The van der Waals surface area contributed by atoms with Crippen LogP contribution in [0.5, 0.6) is 0 Å². The number of hydrogen-bond acceptors (Lipinski definition) is 4. The number of nitriles is 1. The maximum atomic E-state index is 14.1. The molecule has 1 amide bonds. The van der Waals surface area contributed by atoms with Gasteiger partial charge in [-0.25, -0.2) is 9.37 Å². The number of aryl methyl sites for hydroxylation is 1. The molecule has 136 valence electrons. The number of amides is 1. The normalized spacial score (nSPS) is 10.6. The van der Waals surface area contributed by atoms with Gasteiger partial charge in [0.05, 0.1) is 35.4 Å². The molecule has 0 aliphatic rings. The molecule has 0 unspecified atom stereocenters. The molecule has 0 bridgehead atoms. The van der Waals surface area contributed by atoms with Crippen molar-refractivity contribution in [2.75, 3.05) is 11.4 Å². The summed E-state index contributed by atoms with van der Waals surface area (Å²) >= 11 is 0. The standard InChI is InChI=1S/C20H17FN4O2/c1-14-7-8-17-15(11-14)20(27)24(13-23-17)12-19(26)25(10-4-9-22)18-6-3-2-5-16(18)21/h2-3,5-8,11,13H,4,10,12H2,1H3. The first-order valence-corrected chi connectivity index (χ1v) is 8.39. The topological polar surface area (TPSA) is 79.0 Å². The second kappa shape index (κ2) is 7.79. The second-order valence-electron chi connectivity index (χ2n) is 6.10. The van der Waals surface area contributed by atoms with Gasteiger partial charge in [-0.1, -0.05) is 23.8 Å². The molecule has 0 spiro atoms. The maximum Gasteiger partial charge on any atom is 0.261 e. The molecule has 3 rings (SSSR count). The molecule has 27 heavy (non-hydrogen) atoms. The van der Waals surface area contributed by atoms with Gasteiger partial charge in [-0.3, -0.25) is 14.2 Å². The maximum absolute atomic E-state index is 14.1. The van der Waals surface area contributed by atoms with Gasteiger partial charge < -0.3 is 4.90 Å². The number of benzene rings is 2. The van der Waals surface area contributed by atoms with E-state index in [0.29, 0.717) is 10.9 Å². The van der Waals surface area contributed by atoms with Gasteiger partial charge in [-0.15, -0.1) is 0 Å². The van der Waals surface area contributed by atoms with Crippen LogP contribution < -0.4 is 10.5 Å². The van der Waals surface area contributed by atoms with Crippen LogP contribution in [0.1, 0.15) is 12.0 Å². The molecule has 0 saturated heterocycles. The zero-order valence-electron chi connectivity index (χ0n) is 14.7. The van der Waals surface area contributed by atoms with Crippen LogP contribution in [0.25, 0.3) is 10.9 Å². The number of rotatable bonds is 5. The largest absolute Gasteiger partial charge is 0.307 e. The summed E-state index contributed by atoms with van der Waals surface area (Å²) in [5.41, 5.74) is 1.19. The van der Waals surface area contributed by atoms with Crippen molar-refractivity contribution in [3.8, 4) is 6.07 Å². The Bertz CT molecular complexity index is 1100. The molecular formula is C20H17FN4O2. The highest BCUT2D eigenvalue weighted by molar-refractivity contribution is 5.93. The Morgan fingerprint density at radius 3 is 2.81 bits per heavy atom. The average molecular weight is 364 g/mol. The van der Waals surface area contributed by atoms with Crippen LogP contribution in [-0.4, -0.2) is 22.0 Å². The fourth-order valence-electron chi connectivity index (χ4n) is 2.83. The molecule has 0 fully saturated rings. The number of hydrogen-bond donors (Lipinski definition) is 0. The quantitative estimate of drug-likeness (QED) is 0.697. The molecule has 0 aliphatic carbocycles. The first-order chi connectivity index (χ1) is 13.0. The lowest BCUT2D eigenvalue weighted by Gasteiger charge is -2.22. The summed E-state index contributed by atoms with van der Waals surface area (Å²) in [7, 11) is 0. The number of carbonyl (C=O) groups excluding carboxylic acids is 1. The van der Waals surface area contributed by atoms with E-state index in [1.807, 2.05) is 19.1 Å². The van der Waals surface area contributed by atoms with Gasteiger partial charge in [0.1, 0.15) is 12.4 Å². The summed E-state index contributed by atoms with van der Waals surface area (Å²) in [6, 6.07) is 13.1. The van der Waals surface area contributed by atoms with Crippen LogP contribution in [0.3, 0.4) is 0 Å². The lowest BCUT2D eigenvalue weighted by Crippen LogP contribution is -2.37. The summed E-state index contributed by atoms with van der Waals surface area (Å²) in [6.45, 7) is 1.60. The fraction of sp³-hybridized carbons (Fsp3) is 0.200. The molecule has 2 aromatic carbocycles. The first-order valence-electron chi connectivity index (χ1n) is 8.39. The lowest BCUT2D eigenvalue weighted by atomic mass is 10.2. The summed E-state index contributed by atoms with van der Waals surface area (Å²) in [4.78, 5) is 30.9. The minimum absolute atomic E-state index is 0.0329. The lowest BCUT2D eigenvalue weighted by molar-refractivity contribution is -0.119. The molecule has 0 N–H and O–H groups in total. The van der Waals surface area contributed by atoms with Crippen LogP contribution in [0.2, 0.25) is 0 Å². The van der Waals surface area contributed by atoms with Crippen molar-refractivity contribution in [3.63, 3.8) is 0 Å².